The average molecular weight is 303 g/mol. The smallest absolute Gasteiger partial charge is 0.148 e. The monoisotopic (exact) mass is 303 g/mol. The number of hydrogen-bond acceptors (Lipinski definition) is 4. The first-order valence-corrected chi connectivity index (χ1v) is 7.54. The molecule has 0 amide bonds. The highest BCUT2D eigenvalue weighted by atomic mass is 19.1. The van der Waals surface area contributed by atoms with Crippen LogP contribution in [0.1, 0.15) is 11.3 Å². The Morgan fingerprint density at radius 2 is 1.95 bits per heavy atom. The van der Waals surface area contributed by atoms with Crippen molar-refractivity contribution < 1.29 is 4.39 Å². The lowest BCUT2D eigenvalue weighted by molar-refractivity contribution is 0.248. The Balaban J connectivity index is 1.61. The Kier molecular flexibility index (Phi) is 4.02. The summed E-state index contributed by atoms with van der Waals surface area (Å²) in [4.78, 5) is 4.47. The summed E-state index contributed by atoms with van der Waals surface area (Å²) in [5, 5.41) is 4.28. The van der Waals surface area contributed by atoms with Crippen molar-refractivity contribution in [3.8, 4) is 0 Å². The molecule has 0 atom stereocenters. The molecule has 1 aliphatic rings. The van der Waals surface area contributed by atoms with Crippen LogP contribution in [0.5, 0.6) is 0 Å². The van der Waals surface area contributed by atoms with Crippen molar-refractivity contribution in [3.05, 3.63) is 41.5 Å². The molecule has 1 aliphatic heterocycles. The number of piperazine rings is 1. The summed E-state index contributed by atoms with van der Waals surface area (Å²) in [5.74, 6) is -0.239. The van der Waals surface area contributed by atoms with E-state index in [4.69, 9.17) is 5.73 Å². The zero-order chi connectivity index (χ0) is 15.7. The molecule has 118 valence electrons. The maximum absolute atomic E-state index is 14.0. The third-order valence-corrected chi connectivity index (χ3v) is 4.42. The lowest BCUT2D eigenvalue weighted by Crippen LogP contribution is -2.46. The molecular weight excluding hydrogens is 281 g/mol. The Bertz CT molecular complexity index is 659. The van der Waals surface area contributed by atoms with Crippen LogP contribution in [0.2, 0.25) is 0 Å². The second kappa shape index (κ2) is 5.96. The van der Waals surface area contributed by atoms with Gasteiger partial charge in [0.2, 0.25) is 0 Å². The van der Waals surface area contributed by atoms with Crippen LogP contribution in [0, 0.1) is 12.7 Å². The number of halogens is 1. The van der Waals surface area contributed by atoms with E-state index in [1.165, 1.54) is 17.3 Å². The molecule has 2 N–H and O–H groups in total. The van der Waals surface area contributed by atoms with Crippen LogP contribution in [0.25, 0.3) is 0 Å². The molecule has 0 aliphatic carbocycles. The molecule has 1 fully saturated rings. The topological polar surface area (TPSA) is 50.3 Å². The Morgan fingerprint density at radius 1 is 1.23 bits per heavy atom. The van der Waals surface area contributed by atoms with E-state index >= 15 is 0 Å². The number of nitrogens with zero attached hydrogens (tertiary/aromatic N) is 4. The van der Waals surface area contributed by atoms with Gasteiger partial charge in [-0.25, -0.2) is 4.39 Å². The molecule has 1 aromatic heterocycles. The molecule has 1 aromatic carbocycles. The van der Waals surface area contributed by atoms with Crippen LogP contribution in [0.3, 0.4) is 0 Å². The van der Waals surface area contributed by atoms with E-state index in [-0.39, 0.29) is 5.82 Å². The number of nitrogens with two attached hydrogens (primary N) is 1. The second-order valence-electron chi connectivity index (χ2n) is 5.85. The van der Waals surface area contributed by atoms with Gasteiger partial charge in [0.15, 0.2) is 0 Å². The highest BCUT2D eigenvalue weighted by Gasteiger charge is 2.20. The first-order valence-electron chi connectivity index (χ1n) is 7.54. The SMILES string of the molecule is Cc1c(CN2CCN(c3ccc(N)cc3F)CC2)cnn1C. The van der Waals surface area contributed by atoms with Crippen LogP contribution < -0.4 is 10.6 Å². The Morgan fingerprint density at radius 3 is 2.55 bits per heavy atom. The lowest BCUT2D eigenvalue weighted by atomic mass is 10.2. The summed E-state index contributed by atoms with van der Waals surface area (Å²) in [7, 11) is 1.96. The average Bonchev–Trinajstić information content (AvgIpc) is 2.80. The molecule has 0 radical (unpaired) electrons. The van der Waals surface area contributed by atoms with Crippen molar-refractivity contribution in [2.24, 2.45) is 7.05 Å². The van der Waals surface area contributed by atoms with Gasteiger partial charge in [0, 0.05) is 56.7 Å². The third kappa shape index (κ3) is 2.92. The highest BCUT2D eigenvalue weighted by Crippen LogP contribution is 2.23. The highest BCUT2D eigenvalue weighted by molar-refractivity contribution is 5.54. The predicted molar refractivity (Wildman–Crippen MR) is 86.2 cm³/mol. The summed E-state index contributed by atoms with van der Waals surface area (Å²) < 4.78 is 15.9. The van der Waals surface area contributed by atoms with Gasteiger partial charge in [0.05, 0.1) is 11.9 Å². The van der Waals surface area contributed by atoms with Gasteiger partial charge in [-0.05, 0) is 25.1 Å². The van der Waals surface area contributed by atoms with Gasteiger partial charge in [-0.2, -0.15) is 5.10 Å². The zero-order valence-electron chi connectivity index (χ0n) is 13.1. The van der Waals surface area contributed by atoms with E-state index in [1.54, 1.807) is 12.1 Å². The molecule has 0 unspecified atom stereocenters. The van der Waals surface area contributed by atoms with Gasteiger partial charge in [0.1, 0.15) is 5.82 Å². The number of rotatable bonds is 3. The lowest BCUT2D eigenvalue weighted by Gasteiger charge is -2.36. The Labute approximate surface area is 130 Å². The maximum Gasteiger partial charge on any atom is 0.148 e. The molecule has 0 saturated carbocycles. The van der Waals surface area contributed by atoms with Gasteiger partial charge in [0.25, 0.3) is 0 Å². The Hall–Kier alpha value is -2.08. The van der Waals surface area contributed by atoms with E-state index < -0.39 is 0 Å². The molecule has 22 heavy (non-hydrogen) atoms. The van der Waals surface area contributed by atoms with Crippen LogP contribution in [0.4, 0.5) is 15.8 Å². The second-order valence-corrected chi connectivity index (χ2v) is 5.85. The molecule has 0 spiro atoms. The summed E-state index contributed by atoms with van der Waals surface area (Å²) in [6.07, 6.45) is 1.93. The van der Waals surface area contributed by atoms with E-state index in [9.17, 15) is 4.39 Å². The van der Waals surface area contributed by atoms with Crippen molar-refractivity contribution in [2.45, 2.75) is 13.5 Å². The number of benzene rings is 1. The normalized spacial score (nSPS) is 16.2. The summed E-state index contributed by atoms with van der Waals surface area (Å²) in [5.41, 5.74) is 9.18. The zero-order valence-corrected chi connectivity index (χ0v) is 13.1. The van der Waals surface area contributed by atoms with Crippen LogP contribution in [0.15, 0.2) is 24.4 Å². The minimum atomic E-state index is -0.239. The number of aromatic nitrogens is 2. The van der Waals surface area contributed by atoms with E-state index in [0.29, 0.717) is 11.4 Å². The van der Waals surface area contributed by atoms with Crippen LogP contribution in [-0.2, 0) is 13.6 Å². The van der Waals surface area contributed by atoms with Gasteiger partial charge < -0.3 is 10.6 Å². The molecule has 2 aromatic rings. The fourth-order valence-electron chi connectivity index (χ4n) is 2.87. The number of aryl methyl sites for hydroxylation is 1. The van der Waals surface area contributed by atoms with E-state index in [2.05, 4.69) is 21.8 Å². The van der Waals surface area contributed by atoms with Crippen molar-refractivity contribution in [2.75, 3.05) is 36.8 Å². The molecule has 2 heterocycles. The molecule has 5 nitrogen and oxygen atoms in total. The summed E-state index contributed by atoms with van der Waals surface area (Å²) >= 11 is 0. The number of hydrogen-bond donors (Lipinski definition) is 1. The quantitative estimate of drug-likeness (QED) is 0.878. The van der Waals surface area contributed by atoms with Crippen molar-refractivity contribution in [1.82, 2.24) is 14.7 Å². The van der Waals surface area contributed by atoms with Gasteiger partial charge in [-0.1, -0.05) is 0 Å². The largest absolute Gasteiger partial charge is 0.399 e. The van der Waals surface area contributed by atoms with Gasteiger partial charge in [-0.3, -0.25) is 9.58 Å². The van der Waals surface area contributed by atoms with E-state index in [0.717, 1.165) is 32.7 Å². The first kappa shape index (κ1) is 14.8. The third-order valence-electron chi connectivity index (χ3n) is 4.42. The standard InChI is InChI=1S/C16H22FN5/c1-12-13(10-19-20(12)2)11-21-5-7-22(8-6-21)16-4-3-14(18)9-15(16)17/h3-4,9-10H,5-8,11,18H2,1-2H3. The minimum Gasteiger partial charge on any atom is -0.399 e. The van der Waals surface area contributed by atoms with Gasteiger partial charge >= 0.3 is 0 Å². The fourth-order valence-corrected chi connectivity index (χ4v) is 2.87. The minimum absolute atomic E-state index is 0.239. The fraction of sp³-hybridized carbons (Fsp3) is 0.438. The van der Waals surface area contributed by atoms with E-state index in [1.807, 2.05) is 17.9 Å². The molecule has 6 heteroatoms. The molecular formula is C16H22FN5. The van der Waals surface area contributed by atoms with Crippen LogP contribution >= 0.6 is 0 Å². The molecule has 3 rings (SSSR count). The van der Waals surface area contributed by atoms with Crippen LogP contribution in [-0.4, -0.2) is 40.9 Å². The molecule has 1 saturated heterocycles. The summed E-state index contributed by atoms with van der Waals surface area (Å²) in [6.45, 7) is 6.46. The molecule has 0 bridgehead atoms. The van der Waals surface area contributed by atoms with Crippen molar-refractivity contribution in [1.29, 1.82) is 0 Å². The van der Waals surface area contributed by atoms with Crippen molar-refractivity contribution in [3.63, 3.8) is 0 Å². The maximum atomic E-state index is 14.0. The predicted octanol–water partition coefficient (Wildman–Crippen LogP) is 1.77. The number of anilines is 2. The van der Waals surface area contributed by atoms with Crippen molar-refractivity contribution >= 4 is 11.4 Å². The number of nitrogen functional groups attached to an aromatic ring is 1. The van der Waals surface area contributed by atoms with Gasteiger partial charge in [-0.15, -0.1) is 0 Å². The first-order chi connectivity index (χ1) is 10.5. The summed E-state index contributed by atoms with van der Waals surface area (Å²) in [6, 6.07) is 4.91.